The van der Waals surface area contributed by atoms with Gasteiger partial charge < -0.3 is 5.11 Å². The summed E-state index contributed by atoms with van der Waals surface area (Å²) in [4.78, 5) is 0. The predicted octanol–water partition coefficient (Wildman–Crippen LogP) is 2.88. The molecule has 88 valence electrons. The van der Waals surface area contributed by atoms with Gasteiger partial charge in [-0.15, -0.1) is 0 Å². The first-order chi connectivity index (χ1) is 7.72. The van der Waals surface area contributed by atoms with Crippen molar-refractivity contribution in [2.45, 2.75) is 51.2 Å². The van der Waals surface area contributed by atoms with Gasteiger partial charge in [-0.1, -0.05) is 11.6 Å². The van der Waals surface area contributed by atoms with Crippen molar-refractivity contribution in [3.05, 3.63) is 16.4 Å². The van der Waals surface area contributed by atoms with Crippen LogP contribution in [0.25, 0.3) is 0 Å². The molecule has 1 aromatic rings. The molecule has 1 heterocycles. The summed E-state index contributed by atoms with van der Waals surface area (Å²) in [7, 11) is 0. The van der Waals surface area contributed by atoms with E-state index in [4.69, 9.17) is 11.6 Å². The van der Waals surface area contributed by atoms with Crippen LogP contribution < -0.4 is 0 Å². The summed E-state index contributed by atoms with van der Waals surface area (Å²) in [6, 6.07) is 0.380. The molecule has 0 spiro atoms. The van der Waals surface area contributed by atoms with Crippen molar-refractivity contribution in [3.63, 3.8) is 0 Å². The molecule has 0 radical (unpaired) electrons. The lowest BCUT2D eigenvalue weighted by Crippen LogP contribution is -2.09. The summed E-state index contributed by atoms with van der Waals surface area (Å²) in [6.45, 7) is 2.19. The Morgan fingerprint density at radius 1 is 1.44 bits per heavy atom. The number of nitrogens with zero attached hydrogens (tertiary/aromatic N) is 2. The van der Waals surface area contributed by atoms with Gasteiger partial charge in [0, 0.05) is 11.5 Å². The Kier molecular flexibility index (Phi) is 2.48. The minimum Gasteiger partial charge on any atom is -0.391 e. The van der Waals surface area contributed by atoms with Gasteiger partial charge in [0.15, 0.2) is 0 Å². The molecule has 2 aliphatic rings. The van der Waals surface area contributed by atoms with Crippen LogP contribution in [0, 0.1) is 5.92 Å². The zero-order valence-electron chi connectivity index (χ0n) is 9.49. The fourth-order valence-electron chi connectivity index (χ4n) is 2.34. The summed E-state index contributed by atoms with van der Waals surface area (Å²) < 4.78 is 1.93. The van der Waals surface area contributed by atoms with Crippen molar-refractivity contribution in [2.75, 3.05) is 0 Å². The highest BCUT2D eigenvalue weighted by molar-refractivity contribution is 6.30. The summed E-state index contributed by atoms with van der Waals surface area (Å²) in [6.07, 6.45) is 4.95. The lowest BCUT2D eigenvalue weighted by Gasteiger charge is -2.11. The second-order valence-electron chi connectivity index (χ2n) is 5.11. The van der Waals surface area contributed by atoms with Crippen molar-refractivity contribution in [1.82, 2.24) is 9.78 Å². The number of hydrogen-bond donors (Lipinski definition) is 1. The Balaban J connectivity index is 1.97. The average molecular weight is 241 g/mol. The maximum absolute atomic E-state index is 9.39. The molecule has 2 aliphatic carbocycles. The second kappa shape index (κ2) is 3.74. The molecule has 3 nitrogen and oxygen atoms in total. The molecule has 0 saturated heterocycles. The van der Waals surface area contributed by atoms with Gasteiger partial charge in [-0.2, -0.15) is 5.10 Å². The van der Waals surface area contributed by atoms with Gasteiger partial charge in [-0.3, -0.25) is 4.68 Å². The Hall–Kier alpha value is -0.540. The zero-order valence-corrected chi connectivity index (χ0v) is 10.2. The number of rotatable bonds is 4. The summed E-state index contributed by atoms with van der Waals surface area (Å²) in [5.74, 6) is 1.28. The highest BCUT2D eigenvalue weighted by Gasteiger charge is 2.35. The molecular formula is C12H17ClN2O. The molecule has 2 fully saturated rings. The van der Waals surface area contributed by atoms with E-state index in [-0.39, 0.29) is 6.61 Å². The second-order valence-corrected chi connectivity index (χ2v) is 5.47. The molecular weight excluding hydrogens is 224 g/mol. The zero-order chi connectivity index (χ0) is 11.3. The monoisotopic (exact) mass is 240 g/mol. The normalized spacial score (nSPS) is 22.4. The third kappa shape index (κ3) is 1.66. The van der Waals surface area contributed by atoms with Crippen LogP contribution in [0.5, 0.6) is 0 Å². The SMILES string of the molecule is CC(C1CC1)n1nc(C2CC2)c(CO)c1Cl. The van der Waals surface area contributed by atoms with Crippen LogP contribution in [0.2, 0.25) is 5.15 Å². The van der Waals surface area contributed by atoms with E-state index in [0.29, 0.717) is 17.1 Å². The molecule has 1 atom stereocenters. The molecule has 0 aromatic carbocycles. The molecule has 4 heteroatoms. The van der Waals surface area contributed by atoms with Crippen molar-refractivity contribution in [2.24, 2.45) is 5.92 Å². The Morgan fingerprint density at radius 3 is 2.62 bits per heavy atom. The molecule has 0 aliphatic heterocycles. The van der Waals surface area contributed by atoms with Crippen molar-refractivity contribution < 1.29 is 5.11 Å². The third-order valence-electron chi connectivity index (χ3n) is 3.79. The largest absolute Gasteiger partial charge is 0.391 e. The van der Waals surface area contributed by atoms with Gasteiger partial charge in [-0.05, 0) is 38.5 Å². The summed E-state index contributed by atoms with van der Waals surface area (Å²) in [5.41, 5.74) is 1.90. The number of halogens is 1. The van der Waals surface area contributed by atoms with Crippen molar-refractivity contribution in [3.8, 4) is 0 Å². The van der Waals surface area contributed by atoms with E-state index >= 15 is 0 Å². The lowest BCUT2D eigenvalue weighted by atomic mass is 10.2. The van der Waals surface area contributed by atoms with Crippen LogP contribution in [-0.4, -0.2) is 14.9 Å². The highest BCUT2D eigenvalue weighted by atomic mass is 35.5. The molecule has 1 aromatic heterocycles. The summed E-state index contributed by atoms with van der Waals surface area (Å²) in [5, 5.41) is 14.7. The standard InChI is InChI=1S/C12H17ClN2O/c1-7(8-2-3-8)15-12(13)10(6-16)11(14-15)9-4-5-9/h7-9,16H,2-6H2,1H3. The predicted molar refractivity (Wildman–Crippen MR) is 62.6 cm³/mol. The molecule has 1 unspecified atom stereocenters. The van der Waals surface area contributed by atoms with E-state index in [0.717, 1.165) is 17.2 Å². The third-order valence-corrected chi connectivity index (χ3v) is 4.19. The maximum Gasteiger partial charge on any atom is 0.133 e. The fourth-order valence-corrected chi connectivity index (χ4v) is 2.69. The highest BCUT2D eigenvalue weighted by Crippen LogP contribution is 2.45. The first kappa shape index (κ1) is 10.6. The van der Waals surface area contributed by atoms with E-state index in [1.807, 2.05) is 4.68 Å². The quantitative estimate of drug-likeness (QED) is 0.879. The average Bonchev–Trinajstić information content (AvgIpc) is 3.15. The smallest absolute Gasteiger partial charge is 0.133 e. The van der Waals surface area contributed by atoms with Gasteiger partial charge in [0.1, 0.15) is 5.15 Å². The van der Waals surface area contributed by atoms with Crippen molar-refractivity contribution >= 4 is 11.6 Å². The van der Waals surface area contributed by atoms with Crippen LogP contribution in [0.15, 0.2) is 0 Å². The molecule has 0 bridgehead atoms. The maximum atomic E-state index is 9.39. The number of aliphatic hydroxyl groups is 1. The van der Waals surface area contributed by atoms with Gasteiger partial charge in [0.2, 0.25) is 0 Å². The van der Waals surface area contributed by atoms with Gasteiger partial charge in [0.05, 0.1) is 18.3 Å². The van der Waals surface area contributed by atoms with Crippen molar-refractivity contribution in [1.29, 1.82) is 0 Å². The van der Waals surface area contributed by atoms with E-state index < -0.39 is 0 Å². The van der Waals surface area contributed by atoms with Crippen LogP contribution in [0.4, 0.5) is 0 Å². The number of aromatic nitrogens is 2. The Labute approximate surface area is 100 Å². The van der Waals surface area contributed by atoms with Crippen LogP contribution in [0.1, 0.15) is 55.8 Å². The molecule has 1 N–H and O–H groups in total. The molecule has 3 rings (SSSR count). The van der Waals surface area contributed by atoms with E-state index in [2.05, 4.69) is 12.0 Å². The molecule has 0 amide bonds. The Bertz CT molecular complexity index is 407. The van der Waals surface area contributed by atoms with Gasteiger partial charge in [-0.25, -0.2) is 0 Å². The van der Waals surface area contributed by atoms with E-state index in [1.165, 1.54) is 25.7 Å². The molecule has 16 heavy (non-hydrogen) atoms. The van der Waals surface area contributed by atoms with E-state index in [9.17, 15) is 5.11 Å². The number of aliphatic hydroxyl groups excluding tert-OH is 1. The van der Waals surface area contributed by atoms with E-state index in [1.54, 1.807) is 0 Å². The van der Waals surface area contributed by atoms with Crippen LogP contribution in [-0.2, 0) is 6.61 Å². The summed E-state index contributed by atoms with van der Waals surface area (Å²) >= 11 is 6.31. The first-order valence-corrected chi connectivity index (χ1v) is 6.47. The topological polar surface area (TPSA) is 38.0 Å². The number of hydrogen-bond acceptors (Lipinski definition) is 2. The van der Waals surface area contributed by atoms with Gasteiger partial charge >= 0.3 is 0 Å². The minimum atomic E-state index is 0.0159. The van der Waals surface area contributed by atoms with Crippen LogP contribution >= 0.6 is 11.6 Å². The van der Waals surface area contributed by atoms with Gasteiger partial charge in [0.25, 0.3) is 0 Å². The Morgan fingerprint density at radius 2 is 2.12 bits per heavy atom. The fraction of sp³-hybridized carbons (Fsp3) is 0.750. The minimum absolute atomic E-state index is 0.0159. The van der Waals surface area contributed by atoms with Crippen LogP contribution in [0.3, 0.4) is 0 Å². The lowest BCUT2D eigenvalue weighted by molar-refractivity contribution is 0.280. The molecule has 2 saturated carbocycles. The first-order valence-electron chi connectivity index (χ1n) is 6.10.